The number of piperidine rings is 1. The number of aromatic nitrogens is 2. The van der Waals surface area contributed by atoms with Gasteiger partial charge in [-0.05, 0) is 44.1 Å². The van der Waals surface area contributed by atoms with E-state index >= 15 is 0 Å². The molecule has 0 radical (unpaired) electrons. The summed E-state index contributed by atoms with van der Waals surface area (Å²) in [6.07, 6.45) is 5.73. The molecule has 3 rings (SSSR count). The largest absolute Gasteiger partial charge is 0.317 e. The van der Waals surface area contributed by atoms with E-state index in [-0.39, 0.29) is 10.4 Å². The van der Waals surface area contributed by atoms with Gasteiger partial charge in [-0.25, -0.2) is 9.37 Å². The first-order chi connectivity index (χ1) is 9.60. The van der Waals surface area contributed by atoms with Gasteiger partial charge in [0.1, 0.15) is 5.82 Å². The molecule has 1 aromatic carbocycles. The maximum absolute atomic E-state index is 13.7. The average molecular weight is 294 g/mol. The zero-order chi connectivity index (χ0) is 14.2. The predicted octanol–water partition coefficient (Wildman–Crippen LogP) is 3.31. The van der Waals surface area contributed by atoms with Crippen molar-refractivity contribution in [1.29, 1.82) is 0 Å². The van der Waals surface area contributed by atoms with Crippen LogP contribution in [0.15, 0.2) is 30.7 Å². The second-order valence-corrected chi connectivity index (χ2v) is 5.97. The third-order valence-electron chi connectivity index (χ3n) is 4.15. The van der Waals surface area contributed by atoms with Crippen molar-refractivity contribution in [3.63, 3.8) is 0 Å². The fourth-order valence-electron chi connectivity index (χ4n) is 2.82. The van der Waals surface area contributed by atoms with Crippen LogP contribution < -0.4 is 5.32 Å². The first-order valence-electron chi connectivity index (χ1n) is 6.79. The number of nitrogens with one attached hydrogen (secondary N) is 1. The Hall–Kier alpha value is -1.39. The zero-order valence-corrected chi connectivity index (χ0v) is 12.1. The summed E-state index contributed by atoms with van der Waals surface area (Å²) >= 11 is 5.75. The molecule has 1 aliphatic heterocycles. The van der Waals surface area contributed by atoms with E-state index in [2.05, 4.69) is 17.2 Å². The van der Waals surface area contributed by atoms with Crippen LogP contribution in [0.2, 0.25) is 5.02 Å². The van der Waals surface area contributed by atoms with Crippen molar-refractivity contribution in [3.05, 3.63) is 47.3 Å². The fourth-order valence-corrected chi connectivity index (χ4v) is 2.93. The summed E-state index contributed by atoms with van der Waals surface area (Å²) in [5.74, 6) is -0.403. The van der Waals surface area contributed by atoms with Crippen molar-refractivity contribution in [1.82, 2.24) is 14.9 Å². The minimum absolute atomic E-state index is 0.0673. The molecule has 0 bridgehead atoms. The molecule has 0 unspecified atom stereocenters. The molecular weight excluding hydrogens is 277 g/mol. The third-order valence-corrected chi connectivity index (χ3v) is 4.45. The molecule has 1 aliphatic rings. The molecule has 20 heavy (non-hydrogen) atoms. The summed E-state index contributed by atoms with van der Waals surface area (Å²) in [5.41, 5.74) is 1.96. The number of nitrogens with zero attached hydrogens (tertiary/aromatic N) is 2. The summed E-state index contributed by atoms with van der Waals surface area (Å²) in [7, 11) is 0. The van der Waals surface area contributed by atoms with Crippen LogP contribution in [0.3, 0.4) is 0 Å². The standard InChI is InChI=1S/C15H17ClFN3/c1-15(4-6-18-7-5-15)14-9-19-10-20(14)11-2-3-12(16)13(17)8-11/h2-3,8-10,18H,4-7H2,1H3. The monoisotopic (exact) mass is 293 g/mol. The topological polar surface area (TPSA) is 29.9 Å². The molecule has 0 amide bonds. The van der Waals surface area contributed by atoms with E-state index in [1.54, 1.807) is 12.4 Å². The second-order valence-electron chi connectivity index (χ2n) is 5.56. The van der Waals surface area contributed by atoms with Gasteiger partial charge in [-0.15, -0.1) is 0 Å². The van der Waals surface area contributed by atoms with Crippen LogP contribution >= 0.6 is 11.6 Å². The lowest BCUT2D eigenvalue weighted by Gasteiger charge is -2.34. The Bertz CT molecular complexity index is 617. The van der Waals surface area contributed by atoms with Crippen LogP contribution in [0, 0.1) is 5.82 Å². The number of imidazole rings is 1. The first-order valence-corrected chi connectivity index (χ1v) is 7.17. The molecular formula is C15H17ClFN3. The van der Waals surface area contributed by atoms with Gasteiger partial charge in [0.2, 0.25) is 0 Å². The fraction of sp³-hybridized carbons (Fsp3) is 0.400. The Morgan fingerprint density at radius 1 is 1.35 bits per heavy atom. The lowest BCUT2D eigenvalue weighted by molar-refractivity contribution is 0.324. The van der Waals surface area contributed by atoms with Crippen molar-refractivity contribution in [2.45, 2.75) is 25.2 Å². The van der Waals surface area contributed by atoms with E-state index in [1.807, 2.05) is 16.8 Å². The summed E-state index contributed by atoms with van der Waals surface area (Å²) in [4.78, 5) is 4.26. The Balaban J connectivity index is 2.03. The quantitative estimate of drug-likeness (QED) is 0.921. The molecule has 106 valence electrons. The van der Waals surface area contributed by atoms with Crippen LogP contribution in [0.4, 0.5) is 4.39 Å². The number of halogens is 2. The molecule has 0 aliphatic carbocycles. The first kappa shape index (κ1) is 13.6. The summed E-state index contributed by atoms with van der Waals surface area (Å²) in [5, 5.41) is 3.51. The number of rotatable bonds is 2. The van der Waals surface area contributed by atoms with Crippen molar-refractivity contribution in [2.75, 3.05) is 13.1 Å². The molecule has 0 atom stereocenters. The molecule has 1 fully saturated rings. The van der Waals surface area contributed by atoms with Crippen molar-refractivity contribution in [2.24, 2.45) is 0 Å². The summed E-state index contributed by atoms with van der Waals surface area (Å²) in [6, 6.07) is 4.86. The highest BCUT2D eigenvalue weighted by molar-refractivity contribution is 6.30. The van der Waals surface area contributed by atoms with E-state index in [4.69, 9.17) is 11.6 Å². The maximum Gasteiger partial charge on any atom is 0.143 e. The molecule has 2 heterocycles. The molecule has 1 aromatic heterocycles. The van der Waals surface area contributed by atoms with Crippen LogP contribution in [0.5, 0.6) is 0 Å². The highest BCUT2D eigenvalue weighted by Gasteiger charge is 2.32. The van der Waals surface area contributed by atoms with Crippen LogP contribution in [0.1, 0.15) is 25.5 Å². The highest BCUT2D eigenvalue weighted by atomic mass is 35.5. The Labute approximate surface area is 122 Å². The van der Waals surface area contributed by atoms with Gasteiger partial charge in [-0.2, -0.15) is 0 Å². The van der Waals surface area contributed by atoms with Crippen molar-refractivity contribution in [3.8, 4) is 5.69 Å². The number of benzene rings is 1. The van der Waals surface area contributed by atoms with E-state index in [1.165, 1.54) is 6.07 Å². The van der Waals surface area contributed by atoms with Crippen LogP contribution in [-0.2, 0) is 5.41 Å². The van der Waals surface area contributed by atoms with Gasteiger partial charge in [0.25, 0.3) is 0 Å². The predicted molar refractivity (Wildman–Crippen MR) is 78.0 cm³/mol. The van der Waals surface area contributed by atoms with E-state index in [0.29, 0.717) is 0 Å². The number of hydrogen-bond acceptors (Lipinski definition) is 2. The van der Waals surface area contributed by atoms with Crippen molar-refractivity contribution >= 4 is 11.6 Å². The van der Waals surface area contributed by atoms with E-state index < -0.39 is 5.82 Å². The number of hydrogen-bond donors (Lipinski definition) is 1. The Kier molecular flexibility index (Phi) is 3.52. The SMILES string of the molecule is CC1(c2cncn2-c2ccc(Cl)c(F)c2)CCNCC1. The lowest BCUT2D eigenvalue weighted by Crippen LogP contribution is -2.38. The van der Waals surface area contributed by atoms with Gasteiger partial charge >= 0.3 is 0 Å². The van der Waals surface area contributed by atoms with E-state index in [9.17, 15) is 4.39 Å². The Morgan fingerprint density at radius 3 is 2.80 bits per heavy atom. The van der Waals surface area contributed by atoms with Gasteiger partial charge < -0.3 is 9.88 Å². The molecule has 0 spiro atoms. The van der Waals surface area contributed by atoms with E-state index in [0.717, 1.165) is 37.3 Å². The maximum atomic E-state index is 13.7. The van der Waals surface area contributed by atoms with Gasteiger partial charge in [0.15, 0.2) is 0 Å². The lowest BCUT2D eigenvalue weighted by atomic mass is 9.78. The third kappa shape index (κ3) is 2.34. The zero-order valence-electron chi connectivity index (χ0n) is 11.4. The molecule has 3 nitrogen and oxygen atoms in total. The summed E-state index contributed by atoms with van der Waals surface area (Å²) < 4.78 is 15.6. The molecule has 5 heteroatoms. The van der Waals surface area contributed by atoms with Gasteiger partial charge in [-0.3, -0.25) is 0 Å². The van der Waals surface area contributed by atoms with Crippen LogP contribution in [0.25, 0.3) is 5.69 Å². The normalized spacial score (nSPS) is 18.1. The molecule has 1 saturated heterocycles. The minimum atomic E-state index is -0.403. The molecule has 1 N–H and O–H groups in total. The smallest absolute Gasteiger partial charge is 0.143 e. The van der Waals surface area contributed by atoms with Crippen LogP contribution in [-0.4, -0.2) is 22.6 Å². The Morgan fingerprint density at radius 2 is 2.10 bits per heavy atom. The van der Waals surface area contributed by atoms with Gasteiger partial charge in [0, 0.05) is 23.0 Å². The highest BCUT2D eigenvalue weighted by Crippen LogP contribution is 2.34. The average Bonchev–Trinajstić information content (AvgIpc) is 2.93. The molecule has 2 aromatic rings. The van der Waals surface area contributed by atoms with Gasteiger partial charge in [-0.1, -0.05) is 18.5 Å². The summed E-state index contributed by atoms with van der Waals surface area (Å²) in [6.45, 7) is 4.24. The second kappa shape index (κ2) is 5.19. The van der Waals surface area contributed by atoms with Crippen molar-refractivity contribution < 1.29 is 4.39 Å². The minimum Gasteiger partial charge on any atom is -0.317 e. The van der Waals surface area contributed by atoms with Gasteiger partial charge in [0.05, 0.1) is 11.3 Å². The molecule has 0 saturated carbocycles.